The number of ether oxygens (including phenoxy) is 1. The summed E-state index contributed by atoms with van der Waals surface area (Å²) in [6.45, 7) is 27.3. The molecule has 2 heterocycles. The van der Waals surface area contributed by atoms with E-state index in [9.17, 15) is 0 Å². The fourth-order valence-corrected chi connectivity index (χ4v) is 6.25. The van der Waals surface area contributed by atoms with Crippen LogP contribution in [-0.2, 0) is 31.6 Å². The maximum atomic E-state index is 15.7. The molecule has 42 heavy (non-hydrogen) atoms. The van der Waals surface area contributed by atoms with Crippen molar-refractivity contribution >= 4 is 29.0 Å². The van der Waals surface area contributed by atoms with Crippen LogP contribution in [0.25, 0.3) is 11.1 Å². The van der Waals surface area contributed by atoms with Crippen molar-refractivity contribution < 1.29 is 27.3 Å². The van der Waals surface area contributed by atoms with Crippen molar-refractivity contribution in [3.8, 4) is 11.1 Å². The molecule has 1 aliphatic rings. The zero-order valence-corrected chi connectivity index (χ0v) is 30.0. The Labute approximate surface area is 255 Å². The van der Waals surface area contributed by atoms with Gasteiger partial charge in [-0.3, -0.25) is 0 Å². The molecule has 0 spiro atoms. The molecule has 0 aliphatic carbocycles. The summed E-state index contributed by atoms with van der Waals surface area (Å²) in [6.07, 6.45) is 3.97. The molecular weight excluding hydrogens is 569 g/mol. The molecule has 1 aromatic carbocycles. The summed E-state index contributed by atoms with van der Waals surface area (Å²) in [7, 11) is -4.05. The third kappa shape index (κ3) is 8.21. The number of nitrogens with zero attached hydrogens (tertiary/aromatic N) is 2. The van der Waals surface area contributed by atoms with E-state index in [0.717, 1.165) is 24.6 Å². The standard InChI is InChI=1S/C31H53BF2N2O4Si2/c1-29(2,3)42(11,12)38-18-14-13-15-26-24(21-35-36(26)22-37-19-20-41(8,9)10)23-16-17-25(28(34)27(23)33)32-39-30(4,5)31(6,7)40-32/h16-17,21H,13-15,18-20,22H2,1-12H3. The first-order valence-electron chi connectivity index (χ1n) is 15.3. The Balaban J connectivity index is 1.82. The van der Waals surface area contributed by atoms with E-state index in [4.69, 9.17) is 18.5 Å². The van der Waals surface area contributed by atoms with Crippen molar-refractivity contribution in [3.05, 3.63) is 35.7 Å². The summed E-state index contributed by atoms with van der Waals surface area (Å²) >= 11 is 0. The lowest BCUT2D eigenvalue weighted by Crippen LogP contribution is -2.41. The van der Waals surface area contributed by atoms with Gasteiger partial charge in [-0.2, -0.15) is 5.10 Å². The zero-order chi connectivity index (χ0) is 31.7. The van der Waals surface area contributed by atoms with Crippen LogP contribution >= 0.6 is 0 Å². The molecule has 1 aliphatic heterocycles. The summed E-state index contributed by atoms with van der Waals surface area (Å²) in [4.78, 5) is 0. The quantitative estimate of drug-likeness (QED) is 0.169. The minimum Gasteiger partial charge on any atom is -0.417 e. The fraction of sp³-hybridized carbons (Fsp3) is 0.710. The average molecular weight is 623 g/mol. The molecule has 1 fully saturated rings. The average Bonchev–Trinajstić information content (AvgIpc) is 3.32. The van der Waals surface area contributed by atoms with Gasteiger partial charge in [-0.15, -0.1) is 0 Å². The van der Waals surface area contributed by atoms with E-state index in [1.54, 1.807) is 23.0 Å². The van der Waals surface area contributed by atoms with Crippen LogP contribution in [-0.4, -0.2) is 57.7 Å². The highest BCUT2D eigenvalue weighted by Crippen LogP contribution is 2.38. The minimum absolute atomic E-state index is 0.0568. The van der Waals surface area contributed by atoms with Crippen LogP contribution in [0.2, 0.25) is 43.8 Å². The van der Waals surface area contributed by atoms with Crippen molar-refractivity contribution in [1.82, 2.24) is 9.78 Å². The van der Waals surface area contributed by atoms with Crippen LogP contribution in [0, 0.1) is 11.6 Å². The predicted octanol–water partition coefficient (Wildman–Crippen LogP) is 7.78. The highest BCUT2D eigenvalue weighted by molar-refractivity contribution is 6.76. The van der Waals surface area contributed by atoms with Gasteiger partial charge in [0.05, 0.1) is 17.4 Å². The smallest absolute Gasteiger partial charge is 0.417 e. The number of unbranched alkanes of at least 4 members (excludes halogenated alkanes) is 1. The minimum atomic E-state index is -1.83. The van der Waals surface area contributed by atoms with E-state index in [1.807, 2.05) is 27.7 Å². The molecule has 3 rings (SSSR count). The summed E-state index contributed by atoms with van der Waals surface area (Å²) in [5, 5.41) is 4.70. The number of hydrogen-bond acceptors (Lipinski definition) is 5. The molecule has 6 nitrogen and oxygen atoms in total. The molecule has 0 saturated carbocycles. The molecule has 0 unspecified atom stereocenters. The molecule has 0 radical (unpaired) electrons. The molecule has 0 bridgehead atoms. The van der Waals surface area contributed by atoms with E-state index in [2.05, 4.69) is 58.6 Å². The third-order valence-corrected chi connectivity index (χ3v) is 15.4. The first-order chi connectivity index (χ1) is 19.2. The van der Waals surface area contributed by atoms with Gasteiger partial charge in [-0.25, -0.2) is 13.5 Å². The van der Waals surface area contributed by atoms with Crippen molar-refractivity contribution in [2.24, 2.45) is 0 Å². The SMILES string of the molecule is CC1(C)OB(c2ccc(-c3cnn(COCC[Si](C)(C)C)c3CCCCO[Si](C)(C)C(C)(C)C)c(F)c2F)OC1(C)C. The fourth-order valence-electron chi connectivity index (χ4n) is 4.40. The third-order valence-electron chi connectivity index (χ3n) is 9.15. The first-order valence-corrected chi connectivity index (χ1v) is 21.9. The van der Waals surface area contributed by atoms with Crippen LogP contribution in [0.4, 0.5) is 8.78 Å². The van der Waals surface area contributed by atoms with Crippen molar-refractivity contribution in [1.29, 1.82) is 0 Å². The summed E-state index contributed by atoms with van der Waals surface area (Å²) in [5.74, 6) is -1.89. The number of rotatable bonds is 13. The Morgan fingerprint density at radius 2 is 1.52 bits per heavy atom. The Morgan fingerprint density at radius 1 is 0.905 bits per heavy atom. The van der Waals surface area contributed by atoms with Gasteiger partial charge in [0, 0.05) is 43.6 Å². The maximum absolute atomic E-state index is 15.7. The molecule has 2 aromatic rings. The molecule has 236 valence electrons. The lowest BCUT2D eigenvalue weighted by Gasteiger charge is -2.36. The lowest BCUT2D eigenvalue weighted by molar-refractivity contribution is 0.00578. The number of benzene rings is 1. The molecular formula is C31H53BF2N2O4Si2. The van der Waals surface area contributed by atoms with Crippen LogP contribution in [0.3, 0.4) is 0 Å². The Hall–Kier alpha value is -1.37. The Bertz CT molecular complexity index is 1210. The summed E-state index contributed by atoms with van der Waals surface area (Å²) in [6, 6.07) is 4.21. The summed E-state index contributed by atoms with van der Waals surface area (Å²) in [5.41, 5.74) is 0.326. The van der Waals surface area contributed by atoms with Gasteiger partial charge in [0.2, 0.25) is 0 Å². The highest BCUT2D eigenvalue weighted by Gasteiger charge is 2.52. The number of aromatic nitrogens is 2. The summed E-state index contributed by atoms with van der Waals surface area (Å²) < 4.78 is 57.4. The maximum Gasteiger partial charge on any atom is 0.497 e. The van der Waals surface area contributed by atoms with Crippen LogP contribution < -0.4 is 5.46 Å². The van der Waals surface area contributed by atoms with E-state index in [0.29, 0.717) is 25.2 Å². The number of hydrogen-bond donors (Lipinski definition) is 0. The second-order valence-electron chi connectivity index (χ2n) is 15.3. The van der Waals surface area contributed by atoms with Gasteiger partial charge in [0.25, 0.3) is 0 Å². The first kappa shape index (κ1) is 35.1. The van der Waals surface area contributed by atoms with Crippen molar-refractivity contribution in [2.75, 3.05) is 13.2 Å². The van der Waals surface area contributed by atoms with Gasteiger partial charge in [-0.05, 0) is 71.1 Å². The van der Waals surface area contributed by atoms with E-state index < -0.39 is 46.3 Å². The van der Waals surface area contributed by atoms with Gasteiger partial charge in [-0.1, -0.05) is 52.5 Å². The predicted molar refractivity (Wildman–Crippen MR) is 173 cm³/mol. The molecule has 0 N–H and O–H groups in total. The lowest BCUT2D eigenvalue weighted by atomic mass is 9.77. The normalized spacial score (nSPS) is 17.3. The zero-order valence-electron chi connectivity index (χ0n) is 28.0. The second-order valence-corrected chi connectivity index (χ2v) is 25.8. The molecule has 0 atom stereocenters. The second kappa shape index (κ2) is 12.9. The van der Waals surface area contributed by atoms with E-state index in [1.165, 1.54) is 0 Å². The van der Waals surface area contributed by atoms with E-state index in [-0.39, 0.29) is 22.8 Å². The van der Waals surface area contributed by atoms with Crippen LogP contribution in [0.15, 0.2) is 18.3 Å². The molecule has 1 saturated heterocycles. The van der Waals surface area contributed by atoms with Gasteiger partial charge in [0.15, 0.2) is 20.0 Å². The largest absolute Gasteiger partial charge is 0.497 e. The van der Waals surface area contributed by atoms with Gasteiger partial charge in [0.1, 0.15) is 6.73 Å². The van der Waals surface area contributed by atoms with Gasteiger partial charge < -0.3 is 18.5 Å². The number of halogens is 2. The van der Waals surface area contributed by atoms with Crippen molar-refractivity contribution in [2.45, 2.75) is 129 Å². The molecule has 0 amide bonds. The van der Waals surface area contributed by atoms with Crippen LogP contribution in [0.5, 0.6) is 0 Å². The Morgan fingerprint density at radius 3 is 2.10 bits per heavy atom. The molecule has 11 heteroatoms. The van der Waals surface area contributed by atoms with Crippen molar-refractivity contribution in [3.63, 3.8) is 0 Å². The Kier molecular flexibility index (Phi) is 10.8. The van der Waals surface area contributed by atoms with E-state index >= 15 is 8.78 Å². The van der Waals surface area contributed by atoms with Crippen LogP contribution in [0.1, 0.15) is 67.0 Å². The molecule has 1 aromatic heterocycles. The topological polar surface area (TPSA) is 54.7 Å². The monoisotopic (exact) mass is 622 g/mol. The highest BCUT2D eigenvalue weighted by atomic mass is 28.4. The van der Waals surface area contributed by atoms with Gasteiger partial charge >= 0.3 is 7.12 Å².